The normalized spacial score (nSPS) is 13.3. The standard InChI is InChI=1S/C9H5F5O4S/c10-8(11,12)5-3-1-2-4-6(5)19(17,18)9(13,14)7(15)16/h1-4H,(H,15,16). The molecule has 0 spiro atoms. The van der Waals surface area contributed by atoms with Crippen molar-refractivity contribution in [3.05, 3.63) is 29.8 Å². The Morgan fingerprint density at radius 2 is 1.53 bits per heavy atom. The Hall–Kier alpha value is -1.71. The molecule has 0 unspecified atom stereocenters. The first-order valence-corrected chi connectivity index (χ1v) is 5.92. The first kappa shape index (κ1) is 15.3. The molecular formula is C9H5F5O4S. The molecule has 0 aliphatic carbocycles. The number of carbonyl (C=O) groups is 1. The average Bonchev–Trinajstić information content (AvgIpc) is 2.27. The number of aliphatic carboxylic acids is 1. The first-order valence-electron chi connectivity index (χ1n) is 4.44. The van der Waals surface area contributed by atoms with E-state index in [9.17, 15) is 35.2 Å². The lowest BCUT2D eigenvalue weighted by Crippen LogP contribution is -2.38. The van der Waals surface area contributed by atoms with Crippen LogP contribution in [0.1, 0.15) is 5.56 Å². The van der Waals surface area contributed by atoms with Gasteiger partial charge in [-0.1, -0.05) is 12.1 Å². The van der Waals surface area contributed by atoms with Crippen LogP contribution in [0.15, 0.2) is 29.2 Å². The number of rotatable bonds is 3. The number of alkyl halides is 5. The minimum Gasteiger partial charge on any atom is -0.476 e. The van der Waals surface area contributed by atoms with Gasteiger partial charge in [0.25, 0.3) is 9.84 Å². The molecule has 10 heteroatoms. The Balaban J connectivity index is 3.61. The highest BCUT2D eigenvalue weighted by Gasteiger charge is 2.56. The first-order chi connectivity index (χ1) is 8.42. The lowest BCUT2D eigenvalue weighted by Gasteiger charge is -2.16. The van der Waals surface area contributed by atoms with E-state index in [4.69, 9.17) is 5.11 Å². The van der Waals surface area contributed by atoms with Gasteiger partial charge in [-0.3, -0.25) is 0 Å². The number of hydrogen-bond donors (Lipinski definition) is 1. The molecular weight excluding hydrogens is 299 g/mol. The fraction of sp³-hybridized carbons (Fsp3) is 0.222. The zero-order valence-corrected chi connectivity index (χ0v) is 9.60. The summed E-state index contributed by atoms with van der Waals surface area (Å²) in [5.41, 5.74) is -1.85. The molecule has 0 heterocycles. The van der Waals surface area contributed by atoms with Gasteiger partial charge >= 0.3 is 17.4 Å². The molecule has 1 N–H and O–H groups in total. The molecule has 0 radical (unpaired) electrons. The molecule has 0 bridgehead atoms. The van der Waals surface area contributed by atoms with Crippen molar-refractivity contribution in [3.8, 4) is 0 Å². The summed E-state index contributed by atoms with van der Waals surface area (Å²) >= 11 is 0. The van der Waals surface area contributed by atoms with Gasteiger partial charge in [0.15, 0.2) is 0 Å². The van der Waals surface area contributed by atoms with Gasteiger partial charge in [-0.25, -0.2) is 13.2 Å². The molecule has 0 amide bonds. The smallest absolute Gasteiger partial charge is 0.444 e. The molecule has 106 valence electrons. The van der Waals surface area contributed by atoms with Gasteiger partial charge in [0, 0.05) is 0 Å². The molecule has 0 saturated carbocycles. The fourth-order valence-corrected chi connectivity index (χ4v) is 2.43. The molecule has 4 nitrogen and oxygen atoms in total. The van der Waals surface area contributed by atoms with Gasteiger partial charge in [0.2, 0.25) is 0 Å². The molecule has 1 rings (SSSR count). The van der Waals surface area contributed by atoms with Gasteiger partial charge < -0.3 is 5.11 Å². The van der Waals surface area contributed by atoms with Crippen LogP contribution in [0.4, 0.5) is 22.0 Å². The predicted octanol–water partition coefficient (Wildman–Crippen LogP) is 2.16. The maximum absolute atomic E-state index is 13.0. The number of carboxylic acids is 1. The topological polar surface area (TPSA) is 71.4 Å². The second-order valence-corrected chi connectivity index (χ2v) is 5.28. The SMILES string of the molecule is O=C(O)C(F)(F)S(=O)(=O)c1ccccc1C(F)(F)F. The van der Waals surface area contributed by atoms with Gasteiger partial charge in [0.1, 0.15) is 0 Å². The van der Waals surface area contributed by atoms with Crippen molar-refractivity contribution in [2.45, 2.75) is 16.3 Å². The third kappa shape index (κ3) is 2.53. The molecule has 0 fully saturated rings. The summed E-state index contributed by atoms with van der Waals surface area (Å²) in [4.78, 5) is 8.41. The molecule has 0 atom stereocenters. The Bertz CT molecular complexity index is 605. The zero-order chi connectivity index (χ0) is 15.1. The fourth-order valence-electron chi connectivity index (χ4n) is 1.19. The molecule has 19 heavy (non-hydrogen) atoms. The number of halogens is 5. The maximum atomic E-state index is 13.0. The molecule has 0 saturated heterocycles. The highest BCUT2D eigenvalue weighted by molar-refractivity contribution is 7.93. The van der Waals surface area contributed by atoms with Crippen LogP contribution < -0.4 is 0 Å². The molecule has 0 aliphatic rings. The Morgan fingerprint density at radius 3 is 1.95 bits per heavy atom. The van der Waals surface area contributed by atoms with Crippen LogP contribution in [0, 0.1) is 0 Å². The number of carboxylic acid groups (broad SMARTS) is 1. The quantitative estimate of drug-likeness (QED) is 0.869. The monoisotopic (exact) mass is 304 g/mol. The van der Waals surface area contributed by atoms with Crippen LogP contribution in [0.5, 0.6) is 0 Å². The summed E-state index contributed by atoms with van der Waals surface area (Å²) in [6, 6.07) is 2.11. The summed E-state index contributed by atoms with van der Waals surface area (Å²) in [7, 11) is -6.00. The van der Waals surface area contributed by atoms with Gasteiger partial charge in [-0.2, -0.15) is 22.0 Å². The number of hydrogen-bond acceptors (Lipinski definition) is 3. The van der Waals surface area contributed by atoms with Gasteiger partial charge in [0.05, 0.1) is 10.5 Å². The van der Waals surface area contributed by atoms with Crippen LogP contribution in [0.2, 0.25) is 0 Å². The Kier molecular flexibility index (Phi) is 3.59. The van der Waals surface area contributed by atoms with E-state index in [-0.39, 0.29) is 12.1 Å². The third-order valence-corrected chi connectivity index (χ3v) is 3.85. The zero-order valence-electron chi connectivity index (χ0n) is 8.78. The highest BCUT2D eigenvalue weighted by Crippen LogP contribution is 2.38. The van der Waals surface area contributed by atoms with Crippen molar-refractivity contribution >= 4 is 15.8 Å². The van der Waals surface area contributed by atoms with Crippen molar-refractivity contribution < 1.29 is 40.3 Å². The summed E-state index contributed by atoms with van der Waals surface area (Å²) < 4.78 is 86.2. The van der Waals surface area contributed by atoms with Crippen LogP contribution in [0.3, 0.4) is 0 Å². The maximum Gasteiger partial charge on any atom is 0.444 e. The summed E-state index contributed by atoms with van der Waals surface area (Å²) in [5, 5.41) is 2.77. The van der Waals surface area contributed by atoms with Crippen LogP contribution >= 0.6 is 0 Å². The lowest BCUT2D eigenvalue weighted by molar-refractivity contribution is -0.154. The van der Waals surface area contributed by atoms with Crippen molar-refractivity contribution in [2.24, 2.45) is 0 Å². The van der Waals surface area contributed by atoms with Crippen LogP contribution in [-0.4, -0.2) is 24.7 Å². The second-order valence-electron chi connectivity index (χ2n) is 3.32. The largest absolute Gasteiger partial charge is 0.476 e. The summed E-state index contributed by atoms with van der Waals surface area (Å²) in [6.45, 7) is 0. The summed E-state index contributed by atoms with van der Waals surface area (Å²) in [5.74, 6) is -3.05. The van der Waals surface area contributed by atoms with E-state index < -0.39 is 37.7 Å². The summed E-state index contributed by atoms with van der Waals surface area (Å²) in [6.07, 6.45) is -5.21. The van der Waals surface area contributed by atoms with E-state index in [0.717, 1.165) is 12.1 Å². The van der Waals surface area contributed by atoms with Crippen molar-refractivity contribution in [1.82, 2.24) is 0 Å². The highest BCUT2D eigenvalue weighted by atomic mass is 32.2. The molecule has 1 aromatic carbocycles. The van der Waals surface area contributed by atoms with E-state index in [0.29, 0.717) is 0 Å². The molecule has 0 aliphatic heterocycles. The second kappa shape index (κ2) is 4.44. The minimum absolute atomic E-state index is 0.269. The molecule has 1 aromatic rings. The van der Waals surface area contributed by atoms with Crippen molar-refractivity contribution in [1.29, 1.82) is 0 Å². The van der Waals surface area contributed by atoms with Crippen molar-refractivity contribution in [2.75, 3.05) is 0 Å². The minimum atomic E-state index is -6.00. The third-order valence-electron chi connectivity index (χ3n) is 2.07. The van der Waals surface area contributed by atoms with E-state index in [1.165, 1.54) is 0 Å². The average molecular weight is 304 g/mol. The van der Waals surface area contributed by atoms with Gasteiger partial charge in [-0.15, -0.1) is 0 Å². The Morgan fingerprint density at radius 1 is 1.05 bits per heavy atom. The van der Waals surface area contributed by atoms with Gasteiger partial charge in [-0.05, 0) is 12.1 Å². The molecule has 0 aromatic heterocycles. The van der Waals surface area contributed by atoms with E-state index >= 15 is 0 Å². The number of benzene rings is 1. The van der Waals surface area contributed by atoms with Crippen LogP contribution in [-0.2, 0) is 20.8 Å². The van der Waals surface area contributed by atoms with E-state index in [1.54, 1.807) is 0 Å². The van der Waals surface area contributed by atoms with E-state index in [2.05, 4.69) is 0 Å². The number of sulfone groups is 1. The Labute approximate surface area is 103 Å². The van der Waals surface area contributed by atoms with Crippen LogP contribution in [0.25, 0.3) is 0 Å². The lowest BCUT2D eigenvalue weighted by atomic mass is 10.2. The van der Waals surface area contributed by atoms with Crippen molar-refractivity contribution in [3.63, 3.8) is 0 Å². The van der Waals surface area contributed by atoms with E-state index in [1.807, 2.05) is 0 Å². The predicted molar refractivity (Wildman–Crippen MR) is 51.2 cm³/mol.